The van der Waals surface area contributed by atoms with Crippen molar-refractivity contribution >= 4 is 16.7 Å². The molecule has 0 aliphatic heterocycles. The van der Waals surface area contributed by atoms with Gasteiger partial charge in [-0.1, -0.05) is 0 Å². The zero-order chi connectivity index (χ0) is 7.68. The molecule has 0 bridgehead atoms. The van der Waals surface area contributed by atoms with Crippen LogP contribution in [0, 0.1) is 6.57 Å². The predicted molar refractivity (Wildman–Crippen MR) is 40.3 cm³/mol. The fourth-order valence-electron chi connectivity index (χ4n) is 0.955. The second-order valence-corrected chi connectivity index (χ2v) is 2.11. The molecule has 0 aromatic carbocycles. The minimum absolute atomic E-state index is 0.465. The van der Waals surface area contributed by atoms with Gasteiger partial charge in [-0.25, -0.2) is 4.85 Å². The van der Waals surface area contributed by atoms with Gasteiger partial charge in [0.05, 0.1) is 12.8 Å². The summed E-state index contributed by atoms with van der Waals surface area (Å²) in [7, 11) is 0. The monoisotopic (exact) mass is 144 g/mol. The lowest BCUT2D eigenvalue weighted by molar-refractivity contribution is 0.617. The Bertz CT molecular complexity index is 425. The van der Waals surface area contributed by atoms with Crippen molar-refractivity contribution in [2.24, 2.45) is 0 Å². The Morgan fingerprint density at radius 1 is 1.45 bits per heavy atom. The molecule has 0 saturated heterocycles. The number of pyridine rings is 1. The average molecular weight is 144 g/mol. The van der Waals surface area contributed by atoms with E-state index in [1.165, 1.54) is 6.20 Å². The van der Waals surface area contributed by atoms with Gasteiger partial charge in [-0.05, 0) is 6.07 Å². The molecule has 3 nitrogen and oxygen atoms in total. The first-order valence-corrected chi connectivity index (χ1v) is 3.10. The van der Waals surface area contributed by atoms with Gasteiger partial charge in [-0.3, -0.25) is 4.98 Å². The van der Waals surface area contributed by atoms with Crippen LogP contribution in [0.5, 0.6) is 0 Å². The summed E-state index contributed by atoms with van der Waals surface area (Å²) in [6.45, 7) is 6.79. The lowest BCUT2D eigenvalue weighted by atomic mass is 10.3. The van der Waals surface area contributed by atoms with Crippen LogP contribution in [-0.4, -0.2) is 4.98 Å². The summed E-state index contributed by atoms with van der Waals surface area (Å²) in [6, 6.07) is 1.79. The molecule has 2 aromatic heterocycles. The molecule has 11 heavy (non-hydrogen) atoms. The Balaban J connectivity index is 2.92. The van der Waals surface area contributed by atoms with Crippen molar-refractivity contribution in [2.75, 3.05) is 0 Å². The van der Waals surface area contributed by atoms with Crippen LogP contribution in [0.1, 0.15) is 0 Å². The van der Waals surface area contributed by atoms with E-state index in [2.05, 4.69) is 9.83 Å². The highest BCUT2D eigenvalue weighted by atomic mass is 16.3. The highest BCUT2D eigenvalue weighted by Gasteiger charge is 2.02. The summed E-state index contributed by atoms with van der Waals surface area (Å²) in [5.41, 5.74) is 1.09. The zero-order valence-corrected chi connectivity index (χ0v) is 5.61. The Kier molecular flexibility index (Phi) is 1.13. The molecule has 0 amide bonds. The summed E-state index contributed by atoms with van der Waals surface area (Å²) in [5, 5.41) is 0.874. The Morgan fingerprint density at radius 2 is 2.36 bits per heavy atom. The Morgan fingerprint density at radius 3 is 3.18 bits per heavy atom. The first kappa shape index (κ1) is 5.93. The van der Waals surface area contributed by atoms with Crippen molar-refractivity contribution in [3.05, 3.63) is 36.1 Å². The largest absolute Gasteiger partial charge is 0.475 e. The van der Waals surface area contributed by atoms with Crippen LogP contribution in [0.15, 0.2) is 29.1 Å². The molecule has 0 atom stereocenters. The molecule has 3 heteroatoms. The smallest absolute Gasteiger partial charge is 0.247 e. The normalized spacial score (nSPS) is 9.73. The number of nitrogens with zero attached hydrogens (tertiary/aromatic N) is 2. The van der Waals surface area contributed by atoms with Gasteiger partial charge in [0.25, 0.3) is 0 Å². The van der Waals surface area contributed by atoms with E-state index in [0.717, 1.165) is 5.39 Å². The van der Waals surface area contributed by atoms with E-state index < -0.39 is 0 Å². The fourth-order valence-corrected chi connectivity index (χ4v) is 0.955. The zero-order valence-electron chi connectivity index (χ0n) is 5.61. The maximum Gasteiger partial charge on any atom is 0.247 e. The van der Waals surface area contributed by atoms with Crippen molar-refractivity contribution in [1.29, 1.82) is 0 Å². The molecular formula is C8H4N2O. The number of furan rings is 1. The first-order chi connectivity index (χ1) is 5.42. The quantitative estimate of drug-likeness (QED) is 0.531. The van der Waals surface area contributed by atoms with Crippen molar-refractivity contribution in [1.82, 2.24) is 4.98 Å². The van der Waals surface area contributed by atoms with E-state index in [0.29, 0.717) is 11.3 Å². The number of hydrogen-bond donors (Lipinski definition) is 0. The van der Waals surface area contributed by atoms with E-state index in [-0.39, 0.29) is 0 Å². The van der Waals surface area contributed by atoms with Crippen LogP contribution in [0.25, 0.3) is 15.8 Å². The van der Waals surface area contributed by atoms with Gasteiger partial charge < -0.3 is 4.42 Å². The molecule has 0 saturated carbocycles. The summed E-state index contributed by atoms with van der Waals surface area (Å²) >= 11 is 0. The summed E-state index contributed by atoms with van der Waals surface area (Å²) in [5.74, 6) is 0. The molecular weight excluding hydrogens is 140 g/mol. The summed E-state index contributed by atoms with van der Waals surface area (Å²) in [6.07, 6.45) is 4.73. The fraction of sp³-hybridized carbons (Fsp3) is 0. The minimum Gasteiger partial charge on any atom is -0.475 e. The summed E-state index contributed by atoms with van der Waals surface area (Å²) in [4.78, 5) is 7.15. The molecule has 2 heterocycles. The molecule has 0 N–H and O–H groups in total. The average Bonchev–Trinajstić information content (AvgIpc) is 2.50. The van der Waals surface area contributed by atoms with Crippen molar-refractivity contribution in [3.63, 3.8) is 0 Å². The Labute approximate surface area is 63.1 Å². The van der Waals surface area contributed by atoms with E-state index in [1.807, 2.05) is 0 Å². The third-order valence-corrected chi connectivity index (χ3v) is 1.46. The van der Waals surface area contributed by atoms with Gasteiger partial charge in [0, 0.05) is 17.8 Å². The Hall–Kier alpha value is -1.82. The van der Waals surface area contributed by atoms with Crippen molar-refractivity contribution in [3.8, 4) is 0 Å². The molecule has 0 radical (unpaired) electrons. The molecule has 0 fully saturated rings. The van der Waals surface area contributed by atoms with E-state index in [4.69, 9.17) is 11.0 Å². The number of rotatable bonds is 0. The minimum atomic E-state index is 0.465. The summed E-state index contributed by atoms with van der Waals surface area (Å²) < 4.78 is 5.09. The lowest BCUT2D eigenvalue weighted by Gasteiger charge is -1.88. The van der Waals surface area contributed by atoms with E-state index in [1.54, 1.807) is 18.5 Å². The molecule has 0 unspecified atom stereocenters. The highest BCUT2D eigenvalue weighted by molar-refractivity contribution is 5.87. The SMILES string of the molecule is [C-]#[N+]c1cncc2ccoc12. The van der Waals surface area contributed by atoms with Crippen LogP contribution in [0.3, 0.4) is 0 Å². The van der Waals surface area contributed by atoms with Crippen LogP contribution in [0.2, 0.25) is 0 Å². The molecule has 0 aliphatic rings. The highest BCUT2D eigenvalue weighted by Crippen LogP contribution is 2.24. The van der Waals surface area contributed by atoms with Crippen LogP contribution < -0.4 is 0 Å². The second-order valence-electron chi connectivity index (χ2n) is 2.11. The number of hydrogen-bond acceptors (Lipinski definition) is 2. The van der Waals surface area contributed by atoms with Gasteiger partial charge in [0.15, 0.2) is 0 Å². The standard InChI is InChI=1S/C8H4N2O/c1-9-7-5-10-4-6-2-3-11-8(6)7/h2-5H. The van der Waals surface area contributed by atoms with Crippen molar-refractivity contribution < 1.29 is 4.42 Å². The molecule has 0 aliphatic carbocycles. The maximum absolute atomic E-state index is 6.79. The van der Waals surface area contributed by atoms with Crippen LogP contribution >= 0.6 is 0 Å². The van der Waals surface area contributed by atoms with Gasteiger partial charge in [0.1, 0.15) is 5.58 Å². The number of fused-ring (bicyclic) bond motifs is 1. The number of aromatic nitrogens is 1. The molecule has 0 spiro atoms. The van der Waals surface area contributed by atoms with Crippen LogP contribution in [0.4, 0.5) is 5.69 Å². The van der Waals surface area contributed by atoms with Gasteiger partial charge >= 0.3 is 0 Å². The molecule has 2 rings (SSSR count). The van der Waals surface area contributed by atoms with Gasteiger partial charge in [-0.2, -0.15) is 0 Å². The lowest BCUT2D eigenvalue weighted by Crippen LogP contribution is -1.68. The third-order valence-electron chi connectivity index (χ3n) is 1.46. The molecule has 52 valence electrons. The van der Waals surface area contributed by atoms with E-state index in [9.17, 15) is 0 Å². The first-order valence-electron chi connectivity index (χ1n) is 3.10. The van der Waals surface area contributed by atoms with Crippen LogP contribution in [-0.2, 0) is 0 Å². The van der Waals surface area contributed by atoms with Gasteiger partial charge in [0.2, 0.25) is 5.69 Å². The van der Waals surface area contributed by atoms with Crippen molar-refractivity contribution in [2.45, 2.75) is 0 Å². The topological polar surface area (TPSA) is 30.4 Å². The predicted octanol–water partition coefficient (Wildman–Crippen LogP) is 2.38. The molecule has 2 aromatic rings. The third kappa shape index (κ3) is 0.767. The van der Waals surface area contributed by atoms with Gasteiger partial charge in [-0.15, -0.1) is 0 Å². The second kappa shape index (κ2) is 2.10. The maximum atomic E-state index is 6.79. The van der Waals surface area contributed by atoms with E-state index >= 15 is 0 Å².